The van der Waals surface area contributed by atoms with Crippen molar-refractivity contribution in [3.8, 4) is 17.1 Å². The molecule has 0 bridgehead atoms. The molecule has 0 aliphatic carbocycles. The van der Waals surface area contributed by atoms with Crippen LogP contribution < -0.4 is 4.74 Å². The summed E-state index contributed by atoms with van der Waals surface area (Å²) in [6.45, 7) is 2.11. The molecule has 0 spiro atoms. The highest BCUT2D eigenvalue weighted by Gasteiger charge is 2.36. The van der Waals surface area contributed by atoms with Crippen LogP contribution in [-0.4, -0.2) is 27.2 Å². The van der Waals surface area contributed by atoms with Gasteiger partial charge in [0, 0.05) is 22.6 Å². The Bertz CT molecular complexity index is 1080. The minimum Gasteiger partial charge on any atom is -0.493 e. The van der Waals surface area contributed by atoms with E-state index in [9.17, 15) is 18.0 Å². The van der Waals surface area contributed by atoms with E-state index in [0.29, 0.717) is 41.3 Å². The lowest BCUT2D eigenvalue weighted by atomic mass is 10.0. The predicted octanol–water partition coefficient (Wildman–Crippen LogP) is 6.54. The molecule has 0 saturated heterocycles. The number of rotatable bonds is 10. The van der Waals surface area contributed by atoms with Crippen LogP contribution in [0.15, 0.2) is 54.7 Å². The van der Waals surface area contributed by atoms with Gasteiger partial charge in [-0.15, -0.1) is 0 Å². The maximum atomic E-state index is 13.7. The van der Waals surface area contributed by atoms with E-state index in [1.54, 1.807) is 48.5 Å². The Labute approximate surface area is 194 Å². The van der Waals surface area contributed by atoms with Gasteiger partial charge in [0.25, 0.3) is 0 Å². The van der Waals surface area contributed by atoms with Gasteiger partial charge < -0.3 is 14.4 Å². The van der Waals surface area contributed by atoms with Gasteiger partial charge in [-0.1, -0.05) is 36.7 Å². The molecule has 2 aromatic carbocycles. The van der Waals surface area contributed by atoms with Crippen LogP contribution in [-0.2, 0) is 17.5 Å². The minimum atomic E-state index is -4.58. The van der Waals surface area contributed by atoms with Crippen LogP contribution in [0.3, 0.4) is 0 Å². The van der Waals surface area contributed by atoms with E-state index in [2.05, 4.69) is 4.98 Å². The first-order valence-electron chi connectivity index (χ1n) is 10.5. The molecule has 0 aliphatic rings. The van der Waals surface area contributed by atoms with E-state index in [1.165, 1.54) is 0 Å². The number of ether oxygens (including phenoxy) is 1. The Kier molecular flexibility index (Phi) is 8.02. The Morgan fingerprint density at radius 3 is 2.55 bits per heavy atom. The maximum absolute atomic E-state index is 13.7. The van der Waals surface area contributed by atoms with E-state index < -0.39 is 17.8 Å². The predicted molar refractivity (Wildman–Crippen MR) is 119 cm³/mol. The summed E-state index contributed by atoms with van der Waals surface area (Å²) < 4.78 is 48.1. The van der Waals surface area contributed by atoms with Crippen LogP contribution in [0.5, 0.6) is 5.75 Å². The number of nitrogens with zero attached hydrogens (tertiary/aromatic N) is 2. The van der Waals surface area contributed by atoms with E-state index in [-0.39, 0.29) is 24.7 Å². The van der Waals surface area contributed by atoms with Crippen molar-refractivity contribution in [3.05, 3.63) is 71.0 Å². The van der Waals surface area contributed by atoms with Crippen LogP contribution in [0.2, 0.25) is 5.02 Å². The van der Waals surface area contributed by atoms with Crippen LogP contribution in [0.4, 0.5) is 13.2 Å². The average molecular weight is 481 g/mol. The lowest BCUT2D eigenvalue weighted by Crippen LogP contribution is -2.15. The number of carbonyl (C=O) groups is 1. The number of aromatic nitrogens is 2. The van der Waals surface area contributed by atoms with Crippen molar-refractivity contribution in [1.82, 2.24) is 9.55 Å². The second kappa shape index (κ2) is 10.7. The summed E-state index contributed by atoms with van der Waals surface area (Å²) in [5.41, 5.74) is 0.236. The summed E-state index contributed by atoms with van der Waals surface area (Å²) in [5.74, 6) is -0.168. The lowest BCUT2D eigenvalue weighted by molar-refractivity contribution is -0.143. The third-order valence-electron chi connectivity index (χ3n) is 5.17. The van der Waals surface area contributed by atoms with Crippen molar-refractivity contribution in [2.45, 2.75) is 38.9 Å². The molecule has 1 heterocycles. The van der Waals surface area contributed by atoms with Crippen molar-refractivity contribution < 1.29 is 27.8 Å². The van der Waals surface area contributed by atoms with Crippen molar-refractivity contribution in [2.75, 3.05) is 6.61 Å². The third-order valence-corrected chi connectivity index (χ3v) is 5.42. The van der Waals surface area contributed by atoms with E-state index >= 15 is 0 Å². The molecule has 0 fully saturated rings. The number of alkyl halides is 3. The third kappa shape index (κ3) is 6.74. The zero-order valence-corrected chi connectivity index (χ0v) is 18.7. The summed E-state index contributed by atoms with van der Waals surface area (Å²) >= 11 is 5.92. The molecule has 5 nitrogen and oxygen atoms in total. The highest BCUT2D eigenvalue weighted by molar-refractivity contribution is 6.30. The largest absolute Gasteiger partial charge is 0.493 e. The number of benzene rings is 2. The van der Waals surface area contributed by atoms with Gasteiger partial charge in [0.1, 0.15) is 17.3 Å². The normalized spacial score (nSPS) is 12.5. The summed E-state index contributed by atoms with van der Waals surface area (Å²) in [6.07, 6.45) is -2.34. The van der Waals surface area contributed by atoms with Crippen LogP contribution in [0, 0.1) is 5.92 Å². The number of hydrogen-bond donors (Lipinski definition) is 1. The van der Waals surface area contributed by atoms with Gasteiger partial charge in [0.2, 0.25) is 0 Å². The Morgan fingerprint density at radius 1 is 1.18 bits per heavy atom. The number of halogens is 4. The monoisotopic (exact) mass is 480 g/mol. The van der Waals surface area contributed by atoms with Crippen LogP contribution in [0.1, 0.15) is 37.4 Å². The molecule has 9 heteroatoms. The molecule has 33 heavy (non-hydrogen) atoms. The van der Waals surface area contributed by atoms with Crippen molar-refractivity contribution in [1.29, 1.82) is 0 Å². The van der Waals surface area contributed by atoms with Gasteiger partial charge >= 0.3 is 12.1 Å². The Morgan fingerprint density at radius 2 is 1.88 bits per heavy atom. The first kappa shape index (κ1) is 24.6. The summed E-state index contributed by atoms with van der Waals surface area (Å²) in [7, 11) is 0. The van der Waals surface area contributed by atoms with Crippen molar-refractivity contribution >= 4 is 17.6 Å². The molecule has 176 valence electrons. The molecular weight excluding hydrogens is 457 g/mol. The molecule has 1 atom stereocenters. The van der Waals surface area contributed by atoms with Gasteiger partial charge in [0.05, 0.1) is 19.3 Å². The fourth-order valence-electron chi connectivity index (χ4n) is 3.55. The van der Waals surface area contributed by atoms with E-state index in [1.807, 2.05) is 6.92 Å². The van der Waals surface area contributed by atoms with Gasteiger partial charge in [-0.25, -0.2) is 4.98 Å². The number of carboxylic acids is 1. The van der Waals surface area contributed by atoms with Gasteiger partial charge in [0.15, 0.2) is 0 Å². The molecule has 3 rings (SSSR count). The number of para-hydroxylation sites is 1. The van der Waals surface area contributed by atoms with Gasteiger partial charge in [-0.05, 0) is 49.1 Å². The lowest BCUT2D eigenvalue weighted by Gasteiger charge is -2.17. The number of aliphatic carboxylic acids is 1. The molecule has 3 aromatic rings. The smallest absolute Gasteiger partial charge is 0.433 e. The average Bonchev–Trinajstić information content (AvgIpc) is 3.16. The summed E-state index contributed by atoms with van der Waals surface area (Å²) in [4.78, 5) is 14.8. The van der Waals surface area contributed by atoms with E-state index in [0.717, 1.165) is 10.8 Å². The zero-order chi connectivity index (χ0) is 24.0. The second-order valence-electron chi connectivity index (χ2n) is 7.86. The van der Waals surface area contributed by atoms with Crippen LogP contribution >= 0.6 is 11.6 Å². The SMILES string of the molecule is CC(CCCOc1ccccc1Cn1c(C(F)(F)F)cnc1-c1ccc(Cl)cc1)CC(=O)O. The number of hydrogen-bond acceptors (Lipinski definition) is 3. The quantitative estimate of drug-likeness (QED) is 0.334. The highest BCUT2D eigenvalue weighted by Crippen LogP contribution is 2.34. The van der Waals surface area contributed by atoms with Crippen molar-refractivity contribution in [2.24, 2.45) is 5.92 Å². The molecule has 1 N–H and O–H groups in total. The minimum absolute atomic E-state index is 0.0172. The van der Waals surface area contributed by atoms with Crippen LogP contribution in [0.25, 0.3) is 11.4 Å². The first-order valence-corrected chi connectivity index (χ1v) is 10.8. The molecule has 1 aromatic heterocycles. The highest BCUT2D eigenvalue weighted by atomic mass is 35.5. The summed E-state index contributed by atoms with van der Waals surface area (Å²) in [5, 5.41) is 9.33. The van der Waals surface area contributed by atoms with Gasteiger partial charge in [-0.3, -0.25) is 4.79 Å². The fourth-order valence-corrected chi connectivity index (χ4v) is 3.68. The van der Waals surface area contributed by atoms with Crippen molar-refractivity contribution in [3.63, 3.8) is 0 Å². The molecule has 0 saturated carbocycles. The Balaban J connectivity index is 1.81. The molecule has 0 amide bonds. The molecule has 1 unspecified atom stereocenters. The number of imidazole rings is 1. The maximum Gasteiger partial charge on any atom is 0.433 e. The first-order chi connectivity index (χ1) is 15.6. The van der Waals surface area contributed by atoms with E-state index in [4.69, 9.17) is 21.4 Å². The topological polar surface area (TPSA) is 64.4 Å². The van der Waals surface area contributed by atoms with Gasteiger partial charge in [-0.2, -0.15) is 13.2 Å². The number of carboxylic acid groups (broad SMARTS) is 1. The molecule has 0 radical (unpaired) electrons. The standard InChI is InChI=1S/C24H24ClF3N2O3/c1-16(13-22(31)32)5-4-12-33-20-7-3-2-6-18(20)15-30-21(24(26,27)28)14-29-23(30)17-8-10-19(25)11-9-17/h2-3,6-11,14,16H,4-5,12-13,15H2,1H3,(H,31,32). The summed E-state index contributed by atoms with van der Waals surface area (Å²) in [6, 6.07) is 13.4. The molecule has 0 aliphatic heterocycles. The fraction of sp³-hybridized carbons (Fsp3) is 0.333. The Hall–Kier alpha value is -3.00. The zero-order valence-electron chi connectivity index (χ0n) is 18.0. The second-order valence-corrected chi connectivity index (χ2v) is 8.30. The molecular formula is C24H24ClF3N2O3.